The molecule has 0 spiro atoms. The number of nitrogens with one attached hydrogen (secondary N) is 2. The number of methoxy groups -OCH3 is 2. The summed E-state index contributed by atoms with van der Waals surface area (Å²) in [5, 5.41) is 3.31. The largest absolute Gasteiger partial charge is 0.493 e. The van der Waals surface area contributed by atoms with E-state index in [4.69, 9.17) is 9.47 Å². The SMILES string of the molecule is CC[C@@H](NC(=O)C1CC1)[C@H]1c2cc(OC)c(OC)cc2CC[NH+]1Cc1ccccc1F. The third-order valence-corrected chi connectivity index (χ3v) is 6.63. The molecule has 1 saturated carbocycles. The molecule has 1 unspecified atom stereocenters. The Balaban J connectivity index is 1.72. The maximum Gasteiger partial charge on any atom is 0.223 e. The smallest absolute Gasteiger partial charge is 0.223 e. The van der Waals surface area contributed by atoms with E-state index in [9.17, 15) is 9.18 Å². The zero-order valence-corrected chi connectivity index (χ0v) is 18.5. The lowest BCUT2D eigenvalue weighted by molar-refractivity contribution is -0.948. The number of hydrogen-bond donors (Lipinski definition) is 2. The van der Waals surface area contributed by atoms with Gasteiger partial charge < -0.3 is 19.7 Å². The number of benzene rings is 2. The van der Waals surface area contributed by atoms with E-state index < -0.39 is 0 Å². The summed E-state index contributed by atoms with van der Waals surface area (Å²) in [5.74, 6) is 1.51. The van der Waals surface area contributed by atoms with E-state index in [2.05, 4.69) is 18.3 Å². The van der Waals surface area contributed by atoms with Crippen LogP contribution < -0.4 is 19.7 Å². The van der Waals surface area contributed by atoms with Gasteiger partial charge in [-0.2, -0.15) is 0 Å². The van der Waals surface area contributed by atoms with E-state index in [0.717, 1.165) is 37.8 Å². The second-order valence-electron chi connectivity index (χ2n) is 8.61. The zero-order chi connectivity index (χ0) is 22.0. The average molecular weight is 428 g/mol. The normalized spacial score (nSPS) is 21.2. The number of amides is 1. The first kappa shape index (κ1) is 21.6. The second-order valence-corrected chi connectivity index (χ2v) is 8.61. The predicted molar refractivity (Wildman–Crippen MR) is 117 cm³/mol. The van der Waals surface area contributed by atoms with Crippen molar-refractivity contribution in [2.75, 3.05) is 20.8 Å². The van der Waals surface area contributed by atoms with Crippen LogP contribution in [0.1, 0.15) is 48.9 Å². The van der Waals surface area contributed by atoms with Gasteiger partial charge in [0.25, 0.3) is 0 Å². The summed E-state index contributed by atoms with van der Waals surface area (Å²) in [4.78, 5) is 13.9. The molecule has 2 aliphatic rings. The van der Waals surface area contributed by atoms with E-state index in [1.807, 2.05) is 18.2 Å². The van der Waals surface area contributed by atoms with Crippen LogP contribution in [-0.4, -0.2) is 32.7 Å². The fourth-order valence-electron chi connectivity index (χ4n) is 4.77. The molecule has 2 aromatic carbocycles. The quantitative estimate of drug-likeness (QED) is 0.681. The summed E-state index contributed by atoms with van der Waals surface area (Å²) in [5.41, 5.74) is 3.06. The topological polar surface area (TPSA) is 52.0 Å². The van der Waals surface area contributed by atoms with Gasteiger partial charge in [0.2, 0.25) is 5.91 Å². The van der Waals surface area contributed by atoms with Gasteiger partial charge in [-0.25, -0.2) is 4.39 Å². The molecule has 1 heterocycles. The highest BCUT2D eigenvalue weighted by molar-refractivity contribution is 5.81. The van der Waals surface area contributed by atoms with Crippen molar-refractivity contribution >= 4 is 5.91 Å². The van der Waals surface area contributed by atoms with Crippen molar-refractivity contribution in [2.24, 2.45) is 5.92 Å². The molecule has 1 aliphatic carbocycles. The minimum atomic E-state index is -0.179. The summed E-state index contributed by atoms with van der Waals surface area (Å²) >= 11 is 0. The number of fused-ring (bicyclic) bond motifs is 1. The van der Waals surface area contributed by atoms with Crippen molar-refractivity contribution in [3.05, 3.63) is 58.9 Å². The minimum Gasteiger partial charge on any atom is -0.493 e. The van der Waals surface area contributed by atoms with E-state index >= 15 is 0 Å². The maximum absolute atomic E-state index is 14.5. The van der Waals surface area contributed by atoms with Gasteiger partial charge >= 0.3 is 0 Å². The highest BCUT2D eigenvalue weighted by Crippen LogP contribution is 2.36. The first-order valence-corrected chi connectivity index (χ1v) is 11.2. The van der Waals surface area contributed by atoms with Crippen molar-refractivity contribution in [2.45, 2.75) is 51.2 Å². The number of quaternary nitrogens is 1. The van der Waals surface area contributed by atoms with Crippen LogP contribution in [0.5, 0.6) is 11.5 Å². The van der Waals surface area contributed by atoms with Crippen LogP contribution in [0.25, 0.3) is 0 Å². The molecule has 4 rings (SSSR count). The van der Waals surface area contributed by atoms with Crippen molar-refractivity contribution in [3.63, 3.8) is 0 Å². The molecule has 1 amide bonds. The van der Waals surface area contributed by atoms with Gasteiger partial charge in [0.1, 0.15) is 18.4 Å². The van der Waals surface area contributed by atoms with E-state index in [1.165, 1.54) is 16.5 Å². The van der Waals surface area contributed by atoms with Crippen LogP contribution in [0.2, 0.25) is 0 Å². The molecule has 1 fully saturated rings. The second kappa shape index (κ2) is 9.27. The van der Waals surface area contributed by atoms with E-state index in [1.54, 1.807) is 20.3 Å². The number of ether oxygens (including phenoxy) is 2. The summed E-state index contributed by atoms with van der Waals surface area (Å²) in [6.07, 6.45) is 3.61. The number of rotatable bonds is 8. The molecule has 166 valence electrons. The lowest BCUT2D eigenvalue weighted by Crippen LogP contribution is -3.13. The van der Waals surface area contributed by atoms with Crippen molar-refractivity contribution in [1.82, 2.24) is 5.32 Å². The fourth-order valence-corrected chi connectivity index (χ4v) is 4.77. The maximum atomic E-state index is 14.5. The summed E-state index contributed by atoms with van der Waals surface area (Å²) in [6, 6.07) is 11.0. The minimum absolute atomic E-state index is 0.0101. The molecule has 0 radical (unpaired) electrons. The molecule has 0 saturated heterocycles. The first-order valence-electron chi connectivity index (χ1n) is 11.2. The molecule has 2 aromatic rings. The standard InChI is InChI=1S/C25H31FN2O3/c1-4-21(27-25(29)16-9-10-16)24-19-14-23(31-3)22(30-2)13-17(19)11-12-28(24)15-18-7-5-6-8-20(18)26/h5-8,13-14,16,21,24H,4,9-12,15H2,1-3H3,(H,27,29)/p+1/t21-,24-/m1/s1. The Morgan fingerprint density at radius 2 is 1.90 bits per heavy atom. The van der Waals surface area contributed by atoms with E-state index in [-0.39, 0.29) is 29.7 Å². The van der Waals surface area contributed by atoms with Crippen LogP contribution in [0.4, 0.5) is 4.39 Å². The average Bonchev–Trinajstić information content (AvgIpc) is 3.63. The molecule has 5 nitrogen and oxygen atoms in total. The highest BCUT2D eigenvalue weighted by atomic mass is 19.1. The fraction of sp³-hybridized carbons (Fsp3) is 0.480. The molecule has 2 N–H and O–H groups in total. The Bertz CT molecular complexity index is 944. The number of halogens is 1. The van der Waals surface area contributed by atoms with Crippen LogP contribution in [0.3, 0.4) is 0 Å². The lowest BCUT2D eigenvalue weighted by atomic mass is 9.86. The third-order valence-electron chi connectivity index (χ3n) is 6.63. The third kappa shape index (κ3) is 4.54. The Morgan fingerprint density at radius 1 is 1.19 bits per heavy atom. The van der Waals surface area contributed by atoms with E-state index in [0.29, 0.717) is 23.6 Å². The van der Waals surface area contributed by atoms with Gasteiger partial charge in [-0.15, -0.1) is 0 Å². The van der Waals surface area contributed by atoms with Gasteiger partial charge in [0, 0.05) is 23.5 Å². The highest BCUT2D eigenvalue weighted by Gasteiger charge is 2.40. The molecule has 1 aliphatic heterocycles. The van der Waals surface area contributed by atoms with Gasteiger partial charge in [0.15, 0.2) is 11.5 Å². The van der Waals surface area contributed by atoms with Gasteiger partial charge in [-0.1, -0.05) is 25.1 Å². The number of carbonyl (C=O) groups excluding carboxylic acids is 1. The molecule has 0 aromatic heterocycles. The molecule has 31 heavy (non-hydrogen) atoms. The summed E-state index contributed by atoms with van der Waals surface area (Å²) in [7, 11) is 3.28. The van der Waals surface area contributed by atoms with Crippen LogP contribution in [-0.2, 0) is 17.8 Å². The first-order chi connectivity index (χ1) is 15.0. The van der Waals surface area contributed by atoms with Crippen LogP contribution in [0, 0.1) is 11.7 Å². The number of hydrogen-bond acceptors (Lipinski definition) is 3. The van der Waals surface area contributed by atoms with Gasteiger partial charge in [0.05, 0.1) is 26.8 Å². The Kier molecular flexibility index (Phi) is 6.46. The van der Waals surface area contributed by atoms with Crippen LogP contribution in [0.15, 0.2) is 36.4 Å². The Labute approximate surface area is 183 Å². The predicted octanol–water partition coefficient (Wildman–Crippen LogP) is 2.83. The van der Waals surface area contributed by atoms with Gasteiger partial charge in [-0.3, -0.25) is 4.79 Å². The van der Waals surface area contributed by atoms with Crippen molar-refractivity contribution in [1.29, 1.82) is 0 Å². The van der Waals surface area contributed by atoms with Crippen molar-refractivity contribution < 1.29 is 23.6 Å². The number of carbonyl (C=O) groups is 1. The van der Waals surface area contributed by atoms with Crippen LogP contribution >= 0.6 is 0 Å². The monoisotopic (exact) mass is 427 g/mol. The molecule has 3 atom stereocenters. The molecule has 0 bridgehead atoms. The Morgan fingerprint density at radius 3 is 2.55 bits per heavy atom. The summed E-state index contributed by atoms with van der Waals surface area (Å²) in [6.45, 7) is 3.53. The summed E-state index contributed by atoms with van der Waals surface area (Å²) < 4.78 is 25.6. The van der Waals surface area contributed by atoms with Gasteiger partial charge in [-0.05, 0) is 43.0 Å². The molecular weight excluding hydrogens is 395 g/mol. The molecule has 6 heteroatoms. The molecular formula is C25H32FN2O3+. The van der Waals surface area contributed by atoms with Crippen molar-refractivity contribution in [3.8, 4) is 11.5 Å². The lowest BCUT2D eigenvalue weighted by Gasteiger charge is -2.39. The Hall–Kier alpha value is -2.60. The zero-order valence-electron chi connectivity index (χ0n) is 18.5.